The lowest BCUT2D eigenvalue weighted by Crippen LogP contribution is -2.42. The van der Waals surface area contributed by atoms with Gasteiger partial charge < -0.3 is 30.2 Å². The Morgan fingerprint density at radius 2 is 0.741 bits per heavy atom. The maximum Gasteiger partial charge on any atom is 0.417 e. The normalized spacial score (nSPS) is 24.8. The van der Waals surface area contributed by atoms with Gasteiger partial charge in [0.1, 0.15) is 0 Å². The maximum atomic E-state index is 12.3. The quantitative estimate of drug-likeness (QED) is 0.229. The third-order valence-electron chi connectivity index (χ3n) is 7.83. The lowest BCUT2D eigenvalue weighted by molar-refractivity contribution is -0.138. The molecule has 3 aliphatic heterocycles. The number of hydrogen-bond acceptors (Lipinski definition) is 10. The summed E-state index contributed by atoms with van der Waals surface area (Å²) in [4.78, 5) is 11.5. The highest BCUT2D eigenvalue weighted by Gasteiger charge is 2.33. The number of halogens is 10. The fourth-order valence-electron chi connectivity index (χ4n) is 5.26. The molecule has 20 heteroatoms. The predicted molar refractivity (Wildman–Crippen MR) is 181 cm³/mol. The van der Waals surface area contributed by atoms with Crippen molar-refractivity contribution < 1.29 is 57.6 Å². The van der Waals surface area contributed by atoms with Gasteiger partial charge in [-0.05, 0) is 57.2 Å². The molecule has 302 valence electrons. The van der Waals surface area contributed by atoms with Gasteiger partial charge in [0.05, 0.1) is 91.5 Å². The van der Waals surface area contributed by atoms with Crippen LogP contribution in [0.25, 0.3) is 0 Å². The lowest BCUT2D eigenvalue weighted by Gasteiger charge is -2.28. The lowest BCUT2D eigenvalue weighted by atomic mass is 10.1. The molecule has 0 aromatic carbocycles. The van der Waals surface area contributed by atoms with Gasteiger partial charge in [0.25, 0.3) is 0 Å². The third kappa shape index (κ3) is 14.8. The molecule has 6 atom stereocenters. The summed E-state index contributed by atoms with van der Waals surface area (Å²) in [6, 6.07) is 7.43. The first kappa shape index (κ1) is 45.3. The van der Waals surface area contributed by atoms with Crippen LogP contribution in [0, 0.1) is 0 Å². The molecule has 0 radical (unpaired) electrons. The summed E-state index contributed by atoms with van der Waals surface area (Å²) in [7, 11) is 0. The zero-order chi connectivity index (χ0) is 40.1. The number of alkyl halides is 9. The van der Waals surface area contributed by atoms with E-state index in [2.05, 4.69) is 30.9 Å². The molecule has 3 N–H and O–H groups in total. The Bertz CT molecular complexity index is 1340. The fourth-order valence-corrected chi connectivity index (χ4v) is 5.26. The van der Waals surface area contributed by atoms with Crippen molar-refractivity contribution in [1.29, 1.82) is 0 Å². The first-order valence-electron chi connectivity index (χ1n) is 16.6. The minimum absolute atomic E-state index is 0.138. The minimum atomic E-state index is -4.34. The first-order chi connectivity index (χ1) is 25.3. The van der Waals surface area contributed by atoms with Crippen molar-refractivity contribution in [1.82, 2.24) is 30.9 Å². The number of ether oxygens (including phenoxy) is 3. The summed E-state index contributed by atoms with van der Waals surface area (Å²) in [5.41, 5.74) is -0.471. The number of rotatable bonds is 3. The number of morpholine rings is 3. The van der Waals surface area contributed by atoms with Crippen LogP contribution < -0.4 is 16.0 Å². The van der Waals surface area contributed by atoms with E-state index >= 15 is 0 Å². The number of aromatic nitrogens is 3. The average molecular weight is 805 g/mol. The summed E-state index contributed by atoms with van der Waals surface area (Å²) >= 11 is 0.250. The zero-order valence-corrected chi connectivity index (χ0v) is 30.5. The minimum Gasteiger partial charge on any atom is -0.378 e. The van der Waals surface area contributed by atoms with E-state index in [0.717, 1.165) is 36.8 Å². The molecule has 3 aromatic heterocycles. The van der Waals surface area contributed by atoms with Gasteiger partial charge in [-0.1, -0.05) is 0 Å². The Labute approximate surface area is 310 Å². The number of pyridine rings is 3. The van der Waals surface area contributed by atoms with Gasteiger partial charge in [-0.2, -0.15) is 43.4 Å². The van der Waals surface area contributed by atoms with Gasteiger partial charge in [-0.15, -0.1) is 0 Å². The van der Waals surface area contributed by atoms with E-state index < -0.39 is 35.2 Å². The molecule has 9 nitrogen and oxygen atoms in total. The maximum absolute atomic E-state index is 12.3. The van der Waals surface area contributed by atoms with Crippen LogP contribution >= 0.6 is 12.1 Å². The van der Waals surface area contributed by atoms with E-state index in [4.69, 9.17) is 14.2 Å². The van der Waals surface area contributed by atoms with Crippen molar-refractivity contribution in [3.05, 3.63) is 88.8 Å². The molecule has 3 aliphatic rings. The second-order valence-corrected chi connectivity index (χ2v) is 12.8. The molecule has 3 fully saturated rings. The van der Waals surface area contributed by atoms with Crippen molar-refractivity contribution in [2.24, 2.45) is 0 Å². The van der Waals surface area contributed by atoms with E-state index in [1.807, 2.05) is 20.8 Å². The van der Waals surface area contributed by atoms with Crippen LogP contribution in [0.5, 0.6) is 0 Å². The van der Waals surface area contributed by atoms with Crippen LogP contribution in [0.2, 0.25) is 0 Å². The molecule has 0 bridgehead atoms. The summed E-state index contributed by atoms with van der Waals surface area (Å²) in [5, 5.41) is 9.67. The first-order valence-corrected chi connectivity index (χ1v) is 17.7. The van der Waals surface area contributed by atoms with E-state index in [1.54, 1.807) is 0 Å². The molecule has 3 saturated heterocycles. The van der Waals surface area contributed by atoms with Crippen molar-refractivity contribution in [2.45, 2.75) is 75.6 Å². The summed E-state index contributed by atoms with van der Waals surface area (Å²) in [5.74, 6) is 0. The molecule has 0 saturated carbocycles. The number of nitrogens with zero attached hydrogens (tertiary/aromatic N) is 3. The van der Waals surface area contributed by atoms with Gasteiger partial charge in [0.15, 0.2) is 0 Å². The molecular weight excluding hydrogens is 762 g/mol. The van der Waals surface area contributed by atoms with E-state index in [1.165, 1.54) is 24.5 Å². The standard InChI is InChI=1S/3C11H13F3N2O.CH3FS/c3*1-7-5-17-6-10(16-7)9-3-2-8(4-15-9)11(12,13)14;1-3-2/h3*2-4,7,10,16H,5-6H2,1H3;1H3/t2*7-,10-;;/m10../s1. The SMILES string of the molecule is CC1COCC(c2ccc(C(F)(F)F)cn2)N1.CSF.C[C@@H]1COC[C@H](c2ccc(C(F)(F)F)cn2)N1.C[C@H]1COC[C@@H](c2ccc(C(F)(F)F)cn2)N1. The van der Waals surface area contributed by atoms with E-state index in [0.29, 0.717) is 56.7 Å². The largest absolute Gasteiger partial charge is 0.417 e. The van der Waals surface area contributed by atoms with Crippen LogP contribution in [0.4, 0.5) is 43.4 Å². The monoisotopic (exact) mass is 804 g/mol. The zero-order valence-electron chi connectivity index (χ0n) is 29.7. The third-order valence-corrected chi connectivity index (χ3v) is 7.83. The topological polar surface area (TPSA) is 102 Å². The highest BCUT2D eigenvalue weighted by Crippen LogP contribution is 2.31. The van der Waals surface area contributed by atoms with Crippen LogP contribution in [-0.4, -0.2) is 79.0 Å². The second-order valence-electron chi connectivity index (χ2n) is 12.5. The van der Waals surface area contributed by atoms with E-state index in [9.17, 15) is 43.4 Å². The molecule has 3 aromatic rings. The Morgan fingerprint density at radius 1 is 0.500 bits per heavy atom. The Morgan fingerprint density at radius 3 is 0.907 bits per heavy atom. The summed E-state index contributed by atoms with van der Waals surface area (Å²) in [6.07, 6.45) is -9.07. The predicted octanol–water partition coefficient (Wildman–Crippen LogP) is 7.68. The smallest absolute Gasteiger partial charge is 0.378 e. The second kappa shape index (κ2) is 20.7. The van der Waals surface area contributed by atoms with E-state index in [-0.39, 0.29) is 48.4 Å². The van der Waals surface area contributed by atoms with Crippen molar-refractivity contribution >= 4 is 12.1 Å². The van der Waals surface area contributed by atoms with Gasteiger partial charge >= 0.3 is 18.5 Å². The van der Waals surface area contributed by atoms with Gasteiger partial charge in [-0.3, -0.25) is 15.0 Å². The Balaban J connectivity index is 0.000000210. The van der Waals surface area contributed by atoms with Crippen LogP contribution in [0.15, 0.2) is 55.0 Å². The Hall–Kier alpha value is -3.14. The van der Waals surface area contributed by atoms with Gasteiger partial charge in [0.2, 0.25) is 0 Å². The van der Waals surface area contributed by atoms with Crippen molar-refractivity contribution in [3.63, 3.8) is 0 Å². The van der Waals surface area contributed by atoms with Crippen LogP contribution in [0.1, 0.15) is 72.7 Å². The molecule has 0 aliphatic carbocycles. The highest BCUT2D eigenvalue weighted by molar-refractivity contribution is 7.93. The summed E-state index contributed by atoms with van der Waals surface area (Å²) < 4.78 is 137. The highest BCUT2D eigenvalue weighted by atomic mass is 32.2. The molecule has 6 heterocycles. The van der Waals surface area contributed by atoms with Gasteiger partial charge in [-0.25, -0.2) is 0 Å². The molecule has 0 spiro atoms. The number of nitrogens with one attached hydrogen (secondary N) is 3. The molecule has 6 rings (SSSR count). The van der Waals surface area contributed by atoms with Crippen molar-refractivity contribution in [3.8, 4) is 0 Å². The molecular formula is C34H42F10N6O3S. The Kier molecular flexibility index (Phi) is 17.3. The molecule has 54 heavy (non-hydrogen) atoms. The molecule has 0 amide bonds. The fraction of sp³-hybridized carbons (Fsp3) is 0.559. The van der Waals surface area contributed by atoms with Crippen LogP contribution in [-0.2, 0) is 32.7 Å². The van der Waals surface area contributed by atoms with Crippen molar-refractivity contribution in [2.75, 3.05) is 45.9 Å². The molecule has 2 unspecified atom stereocenters. The summed E-state index contributed by atoms with van der Waals surface area (Å²) in [6.45, 7) is 8.99. The number of hydrogen-bond donors (Lipinski definition) is 3. The van der Waals surface area contributed by atoms with Crippen LogP contribution in [0.3, 0.4) is 0 Å². The van der Waals surface area contributed by atoms with Gasteiger partial charge in [0, 0.05) is 55.1 Å². The average Bonchev–Trinajstić information content (AvgIpc) is 3.12.